The number of carbonyl (C=O) groups excluding carboxylic acids is 1. The lowest BCUT2D eigenvalue weighted by atomic mass is 9.85. The van der Waals surface area contributed by atoms with E-state index in [1.54, 1.807) is 0 Å². The van der Waals surface area contributed by atoms with Crippen molar-refractivity contribution in [2.45, 2.75) is 127 Å². The highest BCUT2D eigenvalue weighted by Gasteiger charge is 2.51. The van der Waals surface area contributed by atoms with Crippen molar-refractivity contribution in [1.82, 2.24) is 0 Å². The second-order valence-corrected chi connectivity index (χ2v) is 11.6. The standard InChI is InChI=1S/C24H47O12P/c1-16(2)12-10-8-6-4-3-5-7-9-11-13-18(26)34-14-17(25)15-35-37(32,33)36-24-22(30)20(28)19(27)21(29)23(24)31/h16-17,19-25,27-31H,3-15H2,1-2H3,(H,32,33)/t17?,19?,20-,21+,22-,23-,24?/m0/s1. The Kier molecular flexibility index (Phi) is 16.6. The van der Waals surface area contributed by atoms with Gasteiger partial charge in [0.25, 0.3) is 0 Å². The summed E-state index contributed by atoms with van der Waals surface area (Å²) in [5.41, 5.74) is 0. The monoisotopic (exact) mass is 558 g/mol. The molecule has 13 heteroatoms. The molecule has 0 aromatic rings. The molecule has 0 aromatic carbocycles. The van der Waals surface area contributed by atoms with Gasteiger partial charge in [-0.3, -0.25) is 13.8 Å². The highest BCUT2D eigenvalue weighted by molar-refractivity contribution is 7.47. The van der Waals surface area contributed by atoms with E-state index in [4.69, 9.17) is 4.74 Å². The summed E-state index contributed by atoms with van der Waals surface area (Å²) in [5, 5.41) is 58.4. The third-order valence-corrected chi connectivity index (χ3v) is 7.34. The summed E-state index contributed by atoms with van der Waals surface area (Å²) in [5.74, 6) is 0.257. The van der Waals surface area contributed by atoms with E-state index < -0.39 is 69.7 Å². The van der Waals surface area contributed by atoms with Gasteiger partial charge < -0.3 is 40.3 Å². The van der Waals surface area contributed by atoms with Crippen LogP contribution in [0.5, 0.6) is 0 Å². The SMILES string of the molecule is CC(C)CCCCCCCCCCCC(=O)OCC(O)COP(=O)(O)OC1[C@@H](O)[C@H](O)C(O)[C@H](O)[C@@H]1O. The number of aliphatic hydroxyl groups is 6. The Hall–Kier alpha value is -0.660. The zero-order chi connectivity index (χ0) is 28.0. The minimum atomic E-state index is -4.98. The van der Waals surface area contributed by atoms with Gasteiger partial charge >= 0.3 is 13.8 Å². The maximum Gasteiger partial charge on any atom is 0.472 e. The molecule has 7 N–H and O–H groups in total. The van der Waals surface area contributed by atoms with E-state index in [1.807, 2.05) is 0 Å². The molecule has 37 heavy (non-hydrogen) atoms. The molecule has 1 aliphatic carbocycles. The Morgan fingerprint density at radius 2 is 1.22 bits per heavy atom. The molecule has 0 spiro atoms. The highest BCUT2D eigenvalue weighted by atomic mass is 31.2. The fourth-order valence-corrected chi connectivity index (χ4v) is 5.03. The second-order valence-electron chi connectivity index (χ2n) is 10.2. The lowest BCUT2D eigenvalue weighted by Gasteiger charge is -2.41. The number of esters is 1. The van der Waals surface area contributed by atoms with Crippen LogP contribution < -0.4 is 0 Å². The molecule has 4 unspecified atom stereocenters. The predicted octanol–water partition coefficient (Wildman–Crippen LogP) is 1.16. The normalized spacial score (nSPS) is 28.7. The van der Waals surface area contributed by atoms with Crippen LogP contribution >= 0.6 is 7.82 Å². The molecule has 0 bridgehead atoms. The van der Waals surface area contributed by atoms with Crippen molar-refractivity contribution < 1.29 is 58.7 Å². The first-order chi connectivity index (χ1) is 17.4. The quantitative estimate of drug-likeness (QED) is 0.0678. The van der Waals surface area contributed by atoms with E-state index in [0.29, 0.717) is 6.42 Å². The van der Waals surface area contributed by atoms with Gasteiger partial charge in [0.1, 0.15) is 49.3 Å². The minimum Gasteiger partial charge on any atom is -0.463 e. The Morgan fingerprint density at radius 3 is 1.73 bits per heavy atom. The van der Waals surface area contributed by atoms with Gasteiger partial charge in [-0.25, -0.2) is 4.57 Å². The first kappa shape index (κ1) is 34.4. The van der Waals surface area contributed by atoms with Crippen molar-refractivity contribution in [3.05, 3.63) is 0 Å². The molecule has 0 aromatic heterocycles. The van der Waals surface area contributed by atoms with Crippen molar-refractivity contribution in [2.75, 3.05) is 13.2 Å². The molecule has 0 amide bonds. The highest BCUT2D eigenvalue weighted by Crippen LogP contribution is 2.47. The summed E-state index contributed by atoms with van der Waals surface area (Å²) in [6.07, 6.45) is -1.68. The molecule has 1 aliphatic rings. The number of hydrogen-bond acceptors (Lipinski definition) is 11. The molecule has 0 radical (unpaired) electrons. The summed E-state index contributed by atoms with van der Waals surface area (Å²) < 4.78 is 26.3. The van der Waals surface area contributed by atoms with Crippen LogP contribution in [0.3, 0.4) is 0 Å². The van der Waals surface area contributed by atoms with Crippen LogP contribution in [0.1, 0.15) is 84.5 Å². The zero-order valence-corrected chi connectivity index (χ0v) is 22.8. The van der Waals surface area contributed by atoms with Gasteiger partial charge in [-0.2, -0.15) is 0 Å². The van der Waals surface area contributed by atoms with E-state index >= 15 is 0 Å². The molecule has 1 rings (SSSR count). The van der Waals surface area contributed by atoms with E-state index in [0.717, 1.165) is 25.2 Å². The van der Waals surface area contributed by atoms with Crippen LogP contribution in [0.15, 0.2) is 0 Å². The molecular formula is C24H47O12P. The van der Waals surface area contributed by atoms with Crippen LogP contribution in [-0.2, 0) is 23.1 Å². The molecule has 0 heterocycles. The molecule has 1 fully saturated rings. The average molecular weight is 559 g/mol. The van der Waals surface area contributed by atoms with Crippen molar-refractivity contribution in [3.8, 4) is 0 Å². The van der Waals surface area contributed by atoms with E-state index in [9.17, 15) is 44.9 Å². The Morgan fingerprint density at radius 1 is 0.757 bits per heavy atom. The lowest BCUT2D eigenvalue weighted by molar-refractivity contribution is -0.220. The van der Waals surface area contributed by atoms with Crippen molar-refractivity contribution in [3.63, 3.8) is 0 Å². The Bertz CT molecular complexity index is 662. The summed E-state index contributed by atoms with van der Waals surface area (Å²) in [6.45, 7) is 3.24. The third-order valence-electron chi connectivity index (χ3n) is 6.36. The number of rotatable bonds is 19. The molecule has 8 atom stereocenters. The maximum absolute atomic E-state index is 12.1. The zero-order valence-electron chi connectivity index (χ0n) is 21.9. The molecular weight excluding hydrogens is 511 g/mol. The van der Waals surface area contributed by atoms with Crippen LogP contribution in [-0.4, -0.2) is 97.4 Å². The molecule has 12 nitrogen and oxygen atoms in total. The Balaban J connectivity index is 2.15. The van der Waals surface area contributed by atoms with Crippen LogP contribution in [0.2, 0.25) is 0 Å². The number of phosphoric ester groups is 1. The largest absolute Gasteiger partial charge is 0.472 e. The summed E-state index contributed by atoms with van der Waals surface area (Å²) >= 11 is 0. The van der Waals surface area contributed by atoms with Gasteiger partial charge in [0.2, 0.25) is 0 Å². The average Bonchev–Trinajstić information content (AvgIpc) is 2.84. The van der Waals surface area contributed by atoms with Crippen LogP contribution in [0.4, 0.5) is 0 Å². The topological polar surface area (TPSA) is 203 Å². The predicted molar refractivity (Wildman–Crippen MR) is 133 cm³/mol. The van der Waals surface area contributed by atoms with Gasteiger partial charge in [0, 0.05) is 6.42 Å². The smallest absolute Gasteiger partial charge is 0.463 e. The molecule has 1 saturated carbocycles. The van der Waals surface area contributed by atoms with Crippen LogP contribution in [0, 0.1) is 5.92 Å². The molecule has 220 valence electrons. The number of phosphoric acid groups is 1. The number of carbonyl (C=O) groups is 1. The van der Waals surface area contributed by atoms with E-state index in [-0.39, 0.29) is 6.42 Å². The summed E-state index contributed by atoms with van der Waals surface area (Å²) in [6, 6.07) is 0. The van der Waals surface area contributed by atoms with Crippen molar-refractivity contribution in [2.24, 2.45) is 5.92 Å². The summed E-state index contributed by atoms with van der Waals surface area (Å²) in [4.78, 5) is 21.6. The van der Waals surface area contributed by atoms with Gasteiger partial charge in [-0.15, -0.1) is 0 Å². The molecule has 0 saturated heterocycles. The van der Waals surface area contributed by atoms with Crippen LogP contribution in [0.25, 0.3) is 0 Å². The number of aliphatic hydroxyl groups excluding tert-OH is 6. The summed E-state index contributed by atoms with van der Waals surface area (Å²) in [7, 11) is -4.98. The van der Waals surface area contributed by atoms with Gasteiger partial charge in [0.05, 0.1) is 6.61 Å². The maximum atomic E-state index is 12.1. The number of ether oxygens (including phenoxy) is 1. The van der Waals surface area contributed by atoms with E-state index in [2.05, 4.69) is 22.9 Å². The second kappa shape index (κ2) is 17.8. The molecule has 0 aliphatic heterocycles. The fraction of sp³-hybridized carbons (Fsp3) is 0.958. The fourth-order valence-electron chi connectivity index (χ4n) is 4.05. The lowest BCUT2D eigenvalue weighted by Crippen LogP contribution is -2.64. The van der Waals surface area contributed by atoms with E-state index in [1.165, 1.54) is 38.5 Å². The van der Waals surface area contributed by atoms with Gasteiger partial charge in [0.15, 0.2) is 0 Å². The van der Waals surface area contributed by atoms with Gasteiger partial charge in [-0.1, -0.05) is 71.6 Å². The Labute approximate surface area is 219 Å². The number of unbranched alkanes of at least 4 members (excludes halogenated alkanes) is 8. The first-order valence-corrected chi connectivity index (χ1v) is 14.7. The van der Waals surface area contributed by atoms with Crippen molar-refractivity contribution >= 4 is 13.8 Å². The van der Waals surface area contributed by atoms with Crippen molar-refractivity contribution in [1.29, 1.82) is 0 Å². The van der Waals surface area contributed by atoms with Gasteiger partial charge in [-0.05, 0) is 12.3 Å². The minimum absolute atomic E-state index is 0.193. The number of hydrogen-bond donors (Lipinski definition) is 7. The third kappa shape index (κ3) is 13.8. The first-order valence-electron chi connectivity index (χ1n) is 13.3.